The summed E-state index contributed by atoms with van der Waals surface area (Å²) in [5.74, 6) is 0.243. The van der Waals surface area contributed by atoms with Gasteiger partial charge in [-0.05, 0) is 30.5 Å². The van der Waals surface area contributed by atoms with E-state index in [0.29, 0.717) is 18.5 Å². The molecule has 2 fully saturated rings. The first kappa shape index (κ1) is 17.7. The van der Waals surface area contributed by atoms with Gasteiger partial charge in [0.05, 0.1) is 19.3 Å². The Kier molecular flexibility index (Phi) is 6.14. The zero-order chi connectivity index (χ0) is 16.9. The molecule has 2 heterocycles. The summed E-state index contributed by atoms with van der Waals surface area (Å²) in [6, 6.07) is 8.66. The molecule has 0 aromatic heterocycles. The summed E-state index contributed by atoms with van der Waals surface area (Å²) < 4.78 is 5.78. The number of carbonyl (C=O) groups is 1. The summed E-state index contributed by atoms with van der Waals surface area (Å²) in [7, 11) is 0. The minimum atomic E-state index is 0.243. The molecule has 0 aliphatic carbocycles. The number of hydrogen-bond donors (Lipinski definition) is 0. The summed E-state index contributed by atoms with van der Waals surface area (Å²) in [5.41, 5.74) is 1.12. The van der Waals surface area contributed by atoms with Crippen LogP contribution in [-0.2, 0) is 16.0 Å². The molecule has 4 nitrogen and oxygen atoms in total. The molecular formula is C19H27ClN2O2. The van der Waals surface area contributed by atoms with Crippen molar-refractivity contribution in [3.63, 3.8) is 0 Å². The molecule has 2 aliphatic rings. The Morgan fingerprint density at radius 1 is 1.33 bits per heavy atom. The Morgan fingerprint density at radius 2 is 2.21 bits per heavy atom. The average molecular weight is 351 g/mol. The number of amides is 1. The number of carbonyl (C=O) groups excluding carboxylic acids is 1. The highest BCUT2D eigenvalue weighted by Crippen LogP contribution is 2.22. The lowest BCUT2D eigenvalue weighted by Gasteiger charge is -2.48. The standard InChI is InChI=1S/C19H27ClN2O2/c1-2-4-17-13-24-14-18-12-21(9-10-22(17)18)19(23)8-7-15-5-3-6-16(20)11-15/h3,5-6,11,17-18H,2,4,7-10,12-14H2,1H3/t17-,18+/m0/s1. The molecule has 0 bridgehead atoms. The largest absolute Gasteiger partial charge is 0.378 e. The van der Waals surface area contributed by atoms with Gasteiger partial charge in [0.25, 0.3) is 0 Å². The van der Waals surface area contributed by atoms with E-state index in [9.17, 15) is 4.79 Å². The molecular weight excluding hydrogens is 324 g/mol. The van der Waals surface area contributed by atoms with E-state index in [0.717, 1.165) is 49.9 Å². The highest BCUT2D eigenvalue weighted by molar-refractivity contribution is 6.30. The third-order valence-corrected chi connectivity index (χ3v) is 5.34. The van der Waals surface area contributed by atoms with Gasteiger partial charge in [-0.25, -0.2) is 0 Å². The normalized spacial score (nSPS) is 24.7. The maximum absolute atomic E-state index is 12.6. The van der Waals surface area contributed by atoms with Gasteiger partial charge in [-0.1, -0.05) is 37.1 Å². The van der Waals surface area contributed by atoms with Crippen molar-refractivity contribution in [3.8, 4) is 0 Å². The highest BCUT2D eigenvalue weighted by Gasteiger charge is 2.36. The Balaban J connectivity index is 1.52. The van der Waals surface area contributed by atoms with Crippen LogP contribution < -0.4 is 0 Å². The van der Waals surface area contributed by atoms with Crippen LogP contribution in [0.3, 0.4) is 0 Å². The van der Waals surface area contributed by atoms with Crippen molar-refractivity contribution in [3.05, 3.63) is 34.9 Å². The number of ether oxygens (including phenoxy) is 1. The monoisotopic (exact) mass is 350 g/mol. The van der Waals surface area contributed by atoms with E-state index >= 15 is 0 Å². The summed E-state index contributed by atoms with van der Waals surface area (Å²) in [4.78, 5) is 17.2. The van der Waals surface area contributed by atoms with Crippen molar-refractivity contribution < 1.29 is 9.53 Å². The van der Waals surface area contributed by atoms with Crippen LogP contribution in [0.1, 0.15) is 31.7 Å². The molecule has 2 atom stereocenters. The third-order valence-electron chi connectivity index (χ3n) is 5.11. The van der Waals surface area contributed by atoms with E-state index in [2.05, 4.69) is 11.8 Å². The number of fused-ring (bicyclic) bond motifs is 1. The van der Waals surface area contributed by atoms with Crippen molar-refractivity contribution in [1.82, 2.24) is 9.80 Å². The van der Waals surface area contributed by atoms with E-state index in [1.165, 1.54) is 12.8 Å². The van der Waals surface area contributed by atoms with Gasteiger partial charge in [-0.2, -0.15) is 0 Å². The van der Waals surface area contributed by atoms with E-state index in [1.807, 2.05) is 29.2 Å². The van der Waals surface area contributed by atoms with Crippen LogP contribution in [0.25, 0.3) is 0 Å². The number of piperazine rings is 1. The molecule has 1 aromatic rings. The van der Waals surface area contributed by atoms with E-state index < -0.39 is 0 Å². The first-order chi connectivity index (χ1) is 11.7. The molecule has 3 rings (SSSR count). The first-order valence-corrected chi connectivity index (χ1v) is 9.41. The number of hydrogen-bond acceptors (Lipinski definition) is 3. The van der Waals surface area contributed by atoms with Crippen LogP contribution in [-0.4, -0.2) is 60.6 Å². The number of halogens is 1. The van der Waals surface area contributed by atoms with Gasteiger partial charge in [0.15, 0.2) is 0 Å². The second-order valence-corrected chi connectivity index (χ2v) is 7.28. The second kappa shape index (κ2) is 8.32. The second-order valence-electron chi connectivity index (χ2n) is 6.84. The molecule has 0 N–H and O–H groups in total. The first-order valence-electron chi connectivity index (χ1n) is 9.03. The Hall–Kier alpha value is -1.10. The third kappa shape index (κ3) is 4.29. The van der Waals surface area contributed by atoms with Gasteiger partial charge in [0.1, 0.15) is 0 Å². The van der Waals surface area contributed by atoms with Gasteiger partial charge in [0.2, 0.25) is 5.91 Å². The predicted octanol–water partition coefficient (Wildman–Crippen LogP) is 2.98. The van der Waals surface area contributed by atoms with Crippen LogP contribution in [0, 0.1) is 0 Å². The smallest absolute Gasteiger partial charge is 0.223 e. The maximum atomic E-state index is 12.6. The summed E-state index contributed by atoms with van der Waals surface area (Å²) in [6.45, 7) is 6.42. The molecule has 1 amide bonds. The summed E-state index contributed by atoms with van der Waals surface area (Å²) in [5, 5.41) is 0.731. The minimum Gasteiger partial charge on any atom is -0.378 e. The number of nitrogens with zero attached hydrogens (tertiary/aromatic N) is 2. The molecule has 0 unspecified atom stereocenters. The Labute approximate surface area is 149 Å². The average Bonchev–Trinajstić information content (AvgIpc) is 2.60. The molecule has 2 saturated heterocycles. The summed E-state index contributed by atoms with van der Waals surface area (Å²) >= 11 is 6.01. The lowest BCUT2D eigenvalue weighted by atomic mass is 10.0. The number of rotatable bonds is 5. The fourth-order valence-electron chi connectivity index (χ4n) is 3.85. The SMILES string of the molecule is CCC[C@H]1COC[C@H]2CN(C(=O)CCc3cccc(Cl)c3)CCN12. The quantitative estimate of drug-likeness (QED) is 0.818. The van der Waals surface area contributed by atoms with Crippen molar-refractivity contribution >= 4 is 17.5 Å². The topological polar surface area (TPSA) is 32.8 Å². The predicted molar refractivity (Wildman–Crippen MR) is 96.4 cm³/mol. The van der Waals surface area contributed by atoms with E-state index in [1.54, 1.807) is 0 Å². The van der Waals surface area contributed by atoms with Gasteiger partial charge in [-0.15, -0.1) is 0 Å². The highest BCUT2D eigenvalue weighted by atomic mass is 35.5. The van der Waals surface area contributed by atoms with E-state index in [-0.39, 0.29) is 5.91 Å². The van der Waals surface area contributed by atoms with E-state index in [4.69, 9.17) is 16.3 Å². The fourth-order valence-corrected chi connectivity index (χ4v) is 4.06. The fraction of sp³-hybridized carbons (Fsp3) is 0.632. The lowest BCUT2D eigenvalue weighted by molar-refractivity contribution is -0.139. The lowest BCUT2D eigenvalue weighted by Crippen LogP contribution is -2.62. The Morgan fingerprint density at radius 3 is 3.00 bits per heavy atom. The molecule has 24 heavy (non-hydrogen) atoms. The number of benzene rings is 1. The zero-order valence-corrected chi connectivity index (χ0v) is 15.2. The van der Waals surface area contributed by atoms with Gasteiger partial charge in [-0.3, -0.25) is 9.69 Å². The van der Waals surface area contributed by atoms with Crippen molar-refractivity contribution in [2.45, 2.75) is 44.7 Å². The molecule has 1 aromatic carbocycles. The van der Waals surface area contributed by atoms with Crippen LogP contribution >= 0.6 is 11.6 Å². The van der Waals surface area contributed by atoms with Crippen molar-refractivity contribution in [2.24, 2.45) is 0 Å². The molecule has 132 valence electrons. The molecule has 0 radical (unpaired) electrons. The molecule has 2 aliphatic heterocycles. The number of aryl methyl sites for hydroxylation is 1. The molecule has 0 saturated carbocycles. The number of morpholine rings is 1. The van der Waals surface area contributed by atoms with Crippen LogP contribution in [0.5, 0.6) is 0 Å². The van der Waals surface area contributed by atoms with Gasteiger partial charge in [0, 0.05) is 37.1 Å². The van der Waals surface area contributed by atoms with Crippen molar-refractivity contribution in [2.75, 3.05) is 32.8 Å². The van der Waals surface area contributed by atoms with Gasteiger partial charge < -0.3 is 9.64 Å². The maximum Gasteiger partial charge on any atom is 0.223 e. The van der Waals surface area contributed by atoms with Crippen LogP contribution in [0.4, 0.5) is 0 Å². The molecule has 0 spiro atoms. The Bertz CT molecular complexity index is 564. The van der Waals surface area contributed by atoms with Gasteiger partial charge >= 0.3 is 0 Å². The molecule has 5 heteroatoms. The van der Waals surface area contributed by atoms with Crippen molar-refractivity contribution in [1.29, 1.82) is 0 Å². The minimum absolute atomic E-state index is 0.243. The zero-order valence-electron chi connectivity index (χ0n) is 14.4. The van der Waals surface area contributed by atoms with Crippen LogP contribution in [0.15, 0.2) is 24.3 Å². The summed E-state index contributed by atoms with van der Waals surface area (Å²) in [6.07, 6.45) is 3.66. The van der Waals surface area contributed by atoms with Crippen LogP contribution in [0.2, 0.25) is 5.02 Å².